The molecule has 3 rings (SSSR count). The van der Waals surface area contributed by atoms with Gasteiger partial charge < -0.3 is 16.4 Å². The van der Waals surface area contributed by atoms with Crippen molar-refractivity contribution >= 4 is 35.7 Å². The molecule has 1 heterocycles. The number of anilines is 2. The summed E-state index contributed by atoms with van der Waals surface area (Å²) < 4.78 is 0. The smallest absolute Gasteiger partial charge is 0.321 e. The molecule has 0 saturated heterocycles. The van der Waals surface area contributed by atoms with Crippen LogP contribution in [0.1, 0.15) is 44.6 Å². The molecule has 6 nitrogen and oxygen atoms in total. The number of hydrogen-bond donors (Lipinski definition) is 3. The van der Waals surface area contributed by atoms with E-state index in [1.165, 1.54) is 0 Å². The van der Waals surface area contributed by atoms with E-state index in [2.05, 4.69) is 10.6 Å². The van der Waals surface area contributed by atoms with Crippen LogP contribution in [-0.2, 0) is 11.2 Å². The normalized spacial score (nSPS) is 18.1. The summed E-state index contributed by atoms with van der Waals surface area (Å²) in [6.45, 7) is 3.16. The third-order valence-electron chi connectivity index (χ3n) is 5.01. The van der Waals surface area contributed by atoms with Crippen LogP contribution in [0.15, 0.2) is 18.2 Å². The summed E-state index contributed by atoms with van der Waals surface area (Å²) in [5.41, 5.74) is 8.22. The zero-order valence-corrected chi connectivity index (χ0v) is 15.5. The van der Waals surface area contributed by atoms with E-state index in [0.717, 1.165) is 49.8 Å². The molecular formula is C18H27ClN4O2. The summed E-state index contributed by atoms with van der Waals surface area (Å²) in [5.74, 6) is -0.121. The van der Waals surface area contributed by atoms with Gasteiger partial charge in [0.15, 0.2) is 0 Å². The summed E-state index contributed by atoms with van der Waals surface area (Å²) in [6, 6.07) is 5.65. The first kappa shape index (κ1) is 19.5. The number of hydrogen-bond acceptors (Lipinski definition) is 3. The molecule has 0 spiro atoms. The van der Waals surface area contributed by atoms with Crippen molar-refractivity contribution in [3.63, 3.8) is 0 Å². The number of carbonyl (C=O) groups excluding carboxylic acids is 2. The molecule has 1 aliphatic carbocycles. The Bertz CT molecular complexity index is 644. The maximum atomic E-state index is 12.6. The summed E-state index contributed by atoms with van der Waals surface area (Å²) in [4.78, 5) is 26.5. The van der Waals surface area contributed by atoms with Crippen molar-refractivity contribution in [2.24, 2.45) is 5.73 Å². The van der Waals surface area contributed by atoms with Gasteiger partial charge in [-0.1, -0.05) is 25.3 Å². The molecule has 4 N–H and O–H groups in total. The van der Waals surface area contributed by atoms with Gasteiger partial charge in [-0.2, -0.15) is 0 Å². The average Bonchev–Trinajstić information content (AvgIpc) is 2.99. The van der Waals surface area contributed by atoms with Crippen LogP contribution in [-0.4, -0.2) is 30.6 Å². The molecule has 1 aliphatic heterocycles. The molecule has 0 radical (unpaired) electrons. The molecule has 0 aromatic heterocycles. The fourth-order valence-electron chi connectivity index (χ4n) is 3.58. The third-order valence-corrected chi connectivity index (χ3v) is 5.01. The highest BCUT2D eigenvalue weighted by atomic mass is 35.5. The van der Waals surface area contributed by atoms with Gasteiger partial charge in [0.05, 0.1) is 11.2 Å². The Labute approximate surface area is 154 Å². The predicted molar refractivity (Wildman–Crippen MR) is 102 cm³/mol. The van der Waals surface area contributed by atoms with Crippen molar-refractivity contribution in [2.45, 2.75) is 51.0 Å². The molecule has 7 heteroatoms. The van der Waals surface area contributed by atoms with Crippen LogP contribution >= 0.6 is 12.4 Å². The molecule has 138 valence electrons. The largest absolute Gasteiger partial charge is 0.338 e. The molecule has 3 amide bonds. The number of fused-ring (bicyclic) bond motifs is 1. The Balaban J connectivity index is 0.00000225. The summed E-state index contributed by atoms with van der Waals surface area (Å²) >= 11 is 0. The van der Waals surface area contributed by atoms with E-state index in [0.29, 0.717) is 18.8 Å². The van der Waals surface area contributed by atoms with Crippen LogP contribution in [0, 0.1) is 0 Å². The van der Waals surface area contributed by atoms with Crippen molar-refractivity contribution in [1.82, 2.24) is 5.32 Å². The topological polar surface area (TPSA) is 87.5 Å². The van der Waals surface area contributed by atoms with Crippen LogP contribution in [0.25, 0.3) is 0 Å². The molecule has 1 aromatic rings. The number of nitrogens with two attached hydrogens (primary N) is 1. The Morgan fingerprint density at radius 2 is 1.96 bits per heavy atom. The minimum atomic E-state index is -0.767. The Kier molecular flexibility index (Phi) is 6.30. The first-order valence-electron chi connectivity index (χ1n) is 8.82. The monoisotopic (exact) mass is 366 g/mol. The number of carbonyl (C=O) groups is 2. The lowest BCUT2D eigenvalue weighted by Crippen LogP contribution is -2.52. The lowest BCUT2D eigenvalue weighted by molar-refractivity contribution is -0.122. The van der Waals surface area contributed by atoms with Gasteiger partial charge in [0.1, 0.15) is 0 Å². The second kappa shape index (κ2) is 8.06. The molecule has 1 saturated carbocycles. The molecule has 1 fully saturated rings. The van der Waals surface area contributed by atoms with E-state index >= 15 is 0 Å². The van der Waals surface area contributed by atoms with Crippen molar-refractivity contribution < 1.29 is 9.59 Å². The maximum Gasteiger partial charge on any atom is 0.321 e. The zero-order chi connectivity index (χ0) is 17.2. The number of urea groups is 1. The number of amides is 3. The van der Waals surface area contributed by atoms with Gasteiger partial charge in [0.25, 0.3) is 0 Å². The number of nitrogens with one attached hydrogen (secondary N) is 2. The van der Waals surface area contributed by atoms with Gasteiger partial charge >= 0.3 is 6.03 Å². The average molecular weight is 367 g/mol. The predicted octanol–water partition coefficient (Wildman–Crippen LogP) is 2.80. The second-order valence-corrected chi connectivity index (χ2v) is 6.75. The van der Waals surface area contributed by atoms with Gasteiger partial charge in [0.2, 0.25) is 5.91 Å². The van der Waals surface area contributed by atoms with Crippen molar-refractivity contribution in [1.29, 1.82) is 0 Å². The molecular weight excluding hydrogens is 340 g/mol. The lowest BCUT2D eigenvalue weighted by Gasteiger charge is -2.31. The molecule has 2 aliphatic rings. The number of halogens is 1. The quantitative estimate of drug-likeness (QED) is 0.768. The molecule has 0 unspecified atom stereocenters. The van der Waals surface area contributed by atoms with Crippen molar-refractivity contribution in [2.75, 3.05) is 23.3 Å². The second-order valence-electron chi connectivity index (χ2n) is 6.75. The number of nitrogens with zero attached hydrogens (tertiary/aromatic N) is 1. The highest BCUT2D eigenvalue weighted by molar-refractivity contribution is 6.00. The number of rotatable bonds is 3. The zero-order valence-electron chi connectivity index (χ0n) is 14.6. The van der Waals surface area contributed by atoms with Gasteiger partial charge in [-0.05, 0) is 43.9 Å². The van der Waals surface area contributed by atoms with Crippen LogP contribution in [0.4, 0.5) is 16.2 Å². The summed E-state index contributed by atoms with van der Waals surface area (Å²) in [7, 11) is 0. The fourth-order valence-corrected chi connectivity index (χ4v) is 3.58. The van der Waals surface area contributed by atoms with E-state index in [4.69, 9.17) is 5.73 Å². The van der Waals surface area contributed by atoms with E-state index < -0.39 is 5.54 Å². The van der Waals surface area contributed by atoms with Crippen LogP contribution in [0.3, 0.4) is 0 Å². The third kappa shape index (κ3) is 4.07. The molecule has 25 heavy (non-hydrogen) atoms. The first-order valence-corrected chi connectivity index (χ1v) is 8.82. The molecule has 0 atom stereocenters. The Morgan fingerprint density at radius 1 is 1.24 bits per heavy atom. The molecule has 0 bridgehead atoms. The minimum Gasteiger partial charge on any atom is -0.338 e. The standard InChI is InChI=1S/C18H26N4O2.ClH/c1-2-20-17(24)22-11-8-13-6-7-14(12-15(13)22)21-16(23)18(19)9-4-3-5-10-18;/h6-7,12H,2-5,8-11,19H2,1H3,(H,20,24)(H,21,23);1H. The number of benzene rings is 1. The highest BCUT2D eigenvalue weighted by Gasteiger charge is 2.35. The maximum absolute atomic E-state index is 12.6. The van der Waals surface area contributed by atoms with E-state index in [1.54, 1.807) is 4.90 Å². The van der Waals surface area contributed by atoms with Gasteiger partial charge in [-0.15, -0.1) is 12.4 Å². The Hall–Kier alpha value is -1.79. The van der Waals surface area contributed by atoms with E-state index in [1.807, 2.05) is 25.1 Å². The molecule has 1 aromatic carbocycles. The lowest BCUT2D eigenvalue weighted by atomic mass is 9.82. The van der Waals surface area contributed by atoms with Crippen LogP contribution in [0.2, 0.25) is 0 Å². The highest BCUT2D eigenvalue weighted by Crippen LogP contribution is 2.32. The van der Waals surface area contributed by atoms with Crippen molar-refractivity contribution in [3.05, 3.63) is 23.8 Å². The summed E-state index contributed by atoms with van der Waals surface area (Å²) in [5, 5.41) is 5.78. The first-order chi connectivity index (χ1) is 11.5. The van der Waals surface area contributed by atoms with E-state index in [-0.39, 0.29) is 24.3 Å². The minimum absolute atomic E-state index is 0. The van der Waals surface area contributed by atoms with Gasteiger partial charge in [-0.3, -0.25) is 9.69 Å². The van der Waals surface area contributed by atoms with Crippen LogP contribution in [0.5, 0.6) is 0 Å². The van der Waals surface area contributed by atoms with Crippen LogP contribution < -0.4 is 21.3 Å². The van der Waals surface area contributed by atoms with Gasteiger partial charge in [0, 0.05) is 18.8 Å². The fraction of sp³-hybridized carbons (Fsp3) is 0.556. The SMILES string of the molecule is CCNC(=O)N1CCc2ccc(NC(=O)C3(N)CCCCC3)cc21.Cl. The van der Waals surface area contributed by atoms with E-state index in [9.17, 15) is 9.59 Å². The van der Waals surface area contributed by atoms with Crippen molar-refractivity contribution in [3.8, 4) is 0 Å². The Morgan fingerprint density at radius 3 is 2.64 bits per heavy atom. The summed E-state index contributed by atoms with van der Waals surface area (Å²) in [6.07, 6.45) is 5.44. The van der Waals surface area contributed by atoms with Gasteiger partial charge in [-0.25, -0.2) is 4.79 Å².